The number of nitrogens with one attached hydrogen (secondary N) is 1. The van der Waals surface area contributed by atoms with Crippen LogP contribution in [0.5, 0.6) is 0 Å². The summed E-state index contributed by atoms with van der Waals surface area (Å²) < 4.78 is 0. The highest BCUT2D eigenvalue weighted by Crippen LogP contribution is 2.35. The Morgan fingerprint density at radius 1 is 1.14 bits per heavy atom. The summed E-state index contributed by atoms with van der Waals surface area (Å²) in [5.74, 6) is 3.02. The highest BCUT2D eigenvalue weighted by atomic mass is 15.2. The predicted molar refractivity (Wildman–Crippen MR) is 88.5 cm³/mol. The lowest BCUT2D eigenvalue weighted by molar-refractivity contribution is 0.424. The molecule has 1 N–H and O–H groups in total. The normalized spacial score (nSPS) is 18.8. The van der Waals surface area contributed by atoms with Crippen LogP contribution in [0.3, 0.4) is 0 Å². The van der Waals surface area contributed by atoms with E-state index in [0.717, 1.165) is 18.4 Å². The van der Waals surface area contributed by atoms with Crippen molar-refractivity contribution in [2.24, 2.45) is 11.8 Å². The first-order valence-electron chi connectivity index (χ1n) is 8.44. The molecule has 1 aromatic heterocycles. The smallest absolute Gasteiger partial charge is 0.128 e. The molecule has 3 nitrogen and oxygen atoms in total. The van der Waals surface area contributed by atoms with Crippen LogP contribution in [0.25, 0.3) is 0 Å². The van der Waals surface area contributed by atoms with Crippen LogP contribution in [0.15, 0.2) is 18.3 Å². The van der Waals surface area contributed by atoms with Gasteiger partial charge in [0, 0.05) is 31.4 Å². The minimum absolute atomic E-state index is 0.158. The molecule has 2 aliphatic rings. The molecule has 3 rings (SSSR count). The lowest BCUT2D eigenvalue weighted by atomic mass is 10.1. The first-order valence-corrected chi connectivity index (χ1v) is 8.44. The number of hydrogen-bond acceptors (Lipinski definition) is 3. The summed E-state index contributed by atoms with van der Waals surface area (Å²) in [6, 6.07) is 4.41. The van der Waals surface area contributed by atoms with Crippen LogP contribution < -0.4 is 10.2 Å². The first-order chi connectivity index (χ1) is 9.99. The number of anilines is 1. The van der Waals surface area contributed by atoms with Gasteiger partial charge in [-0.1, -0.05) is 0 Å². The molecule has 0 amide bonds. The Labute approximate surface area is 129 Å². The van der Waals surface area contributed by atoms with Crippen LogP contribution in [0, 0.1) is 11.8 Å². The van der Waals surface area contributed by atoms with Crippen LogP contribution >= 0.6 is 0 Å². The predicted octanol–water partition coefficient (Wildman–Crippen LogP) is 3.60. The summed E-state index contributed by atoms with van der Waals surface area (Å²) in [7, 11) is 0. The molecule has 1 aromatic rings. The van der Waals surface area contributed by atoms with Gasteiger partial charge in [-0.2, -0.15) is 0 Å². The summed E-state index contributed by atoms with van der Waals surface area (Å²) in [6.07, 6.45) is 7.61. The van der Waals surface area contributed by atoms with E-state index >= 15 is 0 Å². The zero-order valence-corrected chi connectivity index (χ0v) is 13.7. The van der Waals surface area contributed by atoms with Crippen molar-refractivity contribution in [1.82, 2.24) is 10.3 Å². The summed E-state index contributed by atoms with van der Waals surface area (Å²) in [6.45, 7) is 9.96. The second-order valence-electron chi connectivity index (χ2n) is 7.92. The van der Waals surface area contributed by atoms with Crippen LogP contribution in [-0.4, -0.2) is 23.6 Å². The minimum atomic E-state index is 0.158. The van der Waals surface area contributed by atoms with Crippen molar-refractivity contribution in [3.05, 3.63) is 23.9 Å². The van der Waals surface area contributed by atoms with Gasteiger partial charge in [-0.15, -0.1) is 0 Å². The van der Waals surface area contributed by atoms with Crippen LogP contribution in [0.2, 0.25) is 0 Å². The molecule has 0 radical (unpaired) electrons. The van der Waals surface area contributed by atoms with E-state index in [-0.39, 0.29) is 5.54 Å². The number of aromatic nitrogens is 1. The Balaban J connectivity index is 1.66. The third-order valence-corrected chi connectivity index (χ3v) is 4.31. The fourth-order valence-corrected chi connectivity index (χ4v) is 2.60. The molecule has 2 saturated carbocycles. The van der Waals surface area contributed by atoms with Crippen molar-refractivity contribution in [2.75, 3.05) is 18.0 Å². The number of rotatable bonds is 7. The average molecular weight is 287 g/mol. The van der Waals surface area contributed by atoms with E-state index in [0.29, 0.717) is 0 Å². The Morgan fingerprint density at radius 2 is 1.76 bits per heavy atom. The highest BCUT2D eigenvalue weighted by molar-refractivity contribution is 5.41. The largest absolute Gasteiger partial charge is 0.356 e. The molecule has 0 saturated heterocycles. The van der Waals surface area contributed by atoms with Crippen molar-refractivity contribution in [3.8, 4) is 0 Å². The van der Waals surface area contributed by atoms with E-state index in [1.807, 2.05) is 6.20 Å². The Kier molecular flexibility index (Phi) is 4.21. The molecule has 116 valence electrons. The van der Waals surface area contributed by atoms with Gasteiger partial charge >= 0.3 is 0 Å². The van der Waals surface area contributed by atoms with Crippen LogP contribution in [0.1, 0.15) is 52.0 Å². The molecule has 0 aromatic carbocycles. The van der Waals surface area contributed by atoms with Crippen LogP contribution in [0.4, 0.5) is 5.82 Å². The van der Waals surface area contributed by atoms with Gasteiger partial charge in [-0.05, 0) is 76.0 Å². The maximum Gasteiger partial charge on any atom is 0.128 e. The summed E-state index contributed by atoms with van der Waals surface area (Å²) in [5.41, 5.74) is 1.50. The minimum Gasteiger partial charge on any atom is -0.356 e. The maximum atomic E-state index is 4.64. The van der Waals surface area contributed by atoms with Crippen molar-refractivity contribution in [1.29, 1.82) is 0 Å². The summed E-state index contributed by atoms with van der Waals surface area (Å²) in [4.78, 5) is 7.18. The van der Waals surface area contributed by atoms with Crippen molar-refractivity contribution in [3.63, 3.8) is 0 Å². The molecule has 3 heteroatoms. The molecular weight excluding hydrogens is 258 g/mol. The molecule has 0 unspecified atom stereocenters. The van der Waals surface area contributed by atoms with Gasteiger partial charge in [0.2, 0.25) is 0 Å². The molecule has 0 bridgehead atoms. The second-order valence-corrected chi connectivity index (χ2v) is 7.92. The van der Waals surface area contributed by atoms with E-state index in [4.69, 9.17) is 0 Å². The molecule has 2 fully saturated rings. The van der Waals surface area contributed by atoms with E-state index in [2.05, 4.69) is 48.1 Å². The zero-order valence-electron chi connectivity index (χ0n) is 13.7. The SMILES string of the molecule is CC(C)(C)NCc1ccnc(N(CC2CC2)CC2CC2)c1. The quantitative estimate of drug-likeness (QED) is 0.830. The summed E-state index contributed by atoms with van der Waals surface area (Å²) >= 11 is 0. The molecule has 0 atom stereocenters. The second kappa shape index (κ2) is 5.96. The number of nitrogens with zero attached hydrogens (tertiary/aromatic N) is 2. The van der Waals surface area contributed by atoms with Crippen molar-refractivity contribution >= 4 is 5.82 Å². The van der Waals surface area contributed by atoms with Gasteiger partial charge in [-0.25, -0.2) is 4.98 Å². The van der Waals surface area contributed by atoms with E-state index < -0.39 is 0 Å². The Bertz CT molecular complexity index is 456. The third-order valence-electron chi connectivity index (χ3n) is 4.31. The standard InChI is InChI=1S/C18H29N3/c1-18(2,3)20-11-16-8-9-19-17(10-16)21(12-14-4-5-14)13-15-6-7-15/h8-10,14-15,20H,4-7,11-13H2,1-3H3. The molecule has 21 heavy (non-hydrogen) atoms. The van der Waals surface area contributed by atoms with Gasteiger partial charge in [0.25, 0.3) is 0 Å². The first kappa shape index (κ1) is 14.8. The fourth-order valence-electron chi connectivity index (χ4n) is 2.60. The van der Waals surface area contributed by atoms with Gasteiger partial charge < -0.3 is 10.2 Å². The Hall–Kier alpha value is -1.09. The summed E-state index contributed by atoms with van der Waals surface area (Å²) in [5, 5.41) is 3.56. The fraction of sp³-hybridized carbons (Fsp3) is 0.722. The van der Waals surface area contributed by atoms with Crippen molar-refractivity contribution < 1.29 is 0 Å². The van der Waals surface area contributed by atoms with E-state index in [1.165, 1.54) is 50.2 Å². The van der Waals surface area contributed by atoms with E-state index in [1.54, 1.807) is 0 Å². The number of pyridine rings is 1. The molecule has 1 heterocycles. The molecule has 0 aliphatic heterocycles. The maximum absolute atomic E-state index is 4.64. The van der Waals surface area contributed by atoms with Gasteiger partial charge in [0.1, 0.15) is 5.82 Å². The van der Waals surface area contributed by atoms with Crippen molar-refractivity contribution in [2.45, 2.75) is 58.5 Å². The zero-order chi connectivity index (χ0) is 14.9. The monoisotopic (exact) mass is 287 g/mol. The highest BCUT2D eigenvalue weighted by Gasteiger charge is 2.29. The van der Waals surface area contributed by atoms with Crippen LogP contribution in [-0.2, 0) is 6.54 Å². The lowest BCUT2D eigenvalue weighted by Crippen LogP contribution is -2.35. The Morgan fingerprint density at radius 3 is 2.29 bits per heavy atom. The molecular formula is C18H29N3. The van der Waals surface area contributed by atoms with Gasteiger partial charge in [-0.3, -0.25) is 0 Å². The van der Waals surface area contributed by atoms with Gasteiger partial charge in [0.05, 0.1) is 0 Å². The topological polar surface area (TPSA) is 28.2 Å². The molecule has 2 aliphatic carbocycles. The van der Waals surface area contributed by atoms with E-state index in [9.17, 15) is 0 Å². The van der Waals surface area contributed by atoms with Gasteiger partial charge in [0.15, 0.2) is 0 Å². The average Bonchev–Trinajstić information content (AvgIpc) is 3.30. The molecule has 0 spiro atoms. The third kappa shape index (κ3) is 4.99. The lowest BCUT2D eigenvalue weighted by Gasteiger charge is -2.25. The number of hydrogen-bond donors (Lipinski definition) is 1.